The van der Waals surface area contributed by atoms with E-state index in [-0.39, 0.29) is 16.8 Å². The molecule has 0 aliphatic heterocycles. The molecule has 1 aliphatic rings. The Morgan fingerprint density at radius 1 is 1.20 bits per heavy atom. The molecule has 1 atom stereocenters. The zero-order valence-corrected chi connectivity index (χ0v) is 12.1. The van der Waals surface area contributed by atoms with Crippen molar-refractivity contribution in [2.75, 3.05) is 5.32 Å². The zero-order chi connectivity index (χ0) is 14.6. The monoisotopic (exact) mass is 294 g/mol. The molecule has 0 saturated heterocycles. The van der Waals surface area contributed by atoms with Crippen molar-refractivity contribution in [2.24, 2.45) is 0 Å². The maximum atomic E-state index is 12.2. The largest absolute Gasteiger partial charge is 0.326 e. The van der Waals surface area contributed by atoms with Crippen molar-refractivity contribution < 1.29 is 13.2 Å². The molecule has 6 heteroatoms. The summed E-state index contributed by atoms with van der Waals surface area (Å²) in [5, 5.41) is 2.60. The molecule has 2 N–H and O–H groups in total. The summed E-state index contributed by atoms with van der Waals surface area (Å²) in [7, 11) is -3.50. The molecule has 1 aromatic carbocycles. The lowest BCUT2D eigenvalue weighted by Gasteiger charge is -2.19. The van der Waals surface area contributed by atoms with Gasteiger partial charge in [-0.1, -0.05) is 12.2 Å². The van der Waals surface area contributed by atoms with Crippen molar-refractivity contribution in [2.45, 2.75) is 37.1 Å². The number of hydrogen-bond acceptors (Lipinski definition) is 3. The minimum Gasteiger partial charge on any atom is -0.326 e. The average Bonchev–Trinajstić information content (AvgIpc) is 2.39. The molecule has 1 aliphatic carbocycles. The molecule has 0 radical (unpaired) electrons. The first-order valence-electron chi connectivity index (χ1n) is 6.52. The van der Waals surface area contributed by atoms with E-state index in [1.54, 1.807) is 12.1 Å². The van der Waals surface area contributed by atoms with E-state index >= 15 is 0 Å². The summed E-state index contributed by atoms with van der Waals surface area (Å²) in [6, 6.07) is 6.10. The van der Waals surface area contributed by atoms with Gasteiger partial charge in [-0.05, 0) is 43.5 Å². The van der Waals surface area contributed by atoms with Gasteiger partial charge in [0.15, 0.2) is 0 Å². The summed E-state index contributed by atoms with van der Waals surface area (Å²) in [5.41, 5.74) is 0.581. The minimum absolute atomic E-state index is 0.0416. The van der Waals surface area contributed by atoms with Crippen LogP contribution < -0.4 is 10.0 Å². The van der Waals surface area contributed by atoms with E-state index in [0.29, 0.717) is 5.69 Å². The van der Waals surface area contributed by atoms with Crippen LogP contribution in [0.25, 0.3) is 0 Å². The Labute approximate surface area is 119 Å². The topological polar surface area (TPSA) is 75.3 Å². The number of allylic oxidation sites excluding steroid dienone is 1. The normalized spacial score (nSPS) is 18.8. The van der Waals surface area contributed by atoms with Gasteiger partial charge in [0.05, 0.1) is 4.90 Å². The zero-order valence-electron chi connectivity index (χ0n) is 11.3. The van der Waals surface area contributed by atoms with Gasteiger partial charge in [-0.2, -0.15) is 0 Å². The summed E-state index contributed by atoms with van der Waals surface area (Å²) in [4.78, 5) is 11.1. The Bertz CT molecular complexity index is 606. The van der Waals surface area contributed by atoms with Crippen LogP contribution in [0.2, 0.25) is 0 Å². The van der Waals surface area contributed by atoms with E-state index in [1.165, 1.54) is 19.1 Å². The fraction of sp³-hybridized carbons (Fsp3) is 0.357. The molecule has 1 amide bonds. The highest BCUT2D eigenvalue weighted by atomic mass is 32.2. The molecule has 0 spiro atoms. The van der Waals surface area contributed by atoms with Crippen LogP contribution in [0.4, 0.5) is 5.69 Å². The molecule has 0 aromatic heterocycles. The van der Waals surface area contributed by atoms with Gasteiger partial charge in [0.2, 0.25) is 15.9 Å². The van der Waals surface area contributed by atoms with Gasteiger partial charge >= 0.3 is 0 Å². The lowest BCUT2D eigenvalue weighted by molar-refractivity contribution is -0.114. The summed E-state index contributed by atoms with van der Waals surface area (Å²) in [6.07, 6.45) is 6.50. The molecule has 0 saturated carbocycles. The summed E-state index contributed by atoms with van der Waals surface area (Å²) in [5.74, 6) is -0.187. The van der Waals surface area contributed by atoms with Gasteiger partial charge in [0, 0.05) is 18.7 Å². The van der Waals surface area contributed by atoms with Gasteiger partial charge in [-0.25, -0.2) is 13.1 Å². The van der Waals surface area contributed by atoms with Crippen molar-refractivity contribution >= 4 is 21.6 Å². The first-order chi connectivity index (χ1) is 9.47. The second kappa shape index (κ2) is 6.19. The average molecular weight is 294 g/mol. The van der Waals surface area contributed by atoms with E-state index in [4.69, 9.17) is 0 Å². The number of carbonyl (C=O) groups excluding carboxylic acids is 1. The second-order valence-corrected chi connectivity index (χ2v) is 6.52. The standard InChI is InChI=1S/C14H18N2O3S/c1-11(17)15-12-7-9-14(10-8-12)20(18,19)16-13-5-3-2-4-6-13/h2-3,7-10,13,16H,4-6H2,1H3,(H,15,17)/t13-/m1/s1. The lowest BCUT2D eigenvalue weighted by atomic mass is 10.0. The van der Waals surface area contributed by atoms with Crippen molar-refractivity contribution in [3.05, 3.63) is 36.4 Å². The van der Waals surface area contributed by atoms with Gasteiger partial charge in [0.1, 0.15) is 0 Å². The van der Waals surface area contributed by atoms with Crippen molar-refractivity contribution in [1.82, 2.24) is 4.72 Å². The lowest BCUT2D eigenvalue weighted by Crippen LogP contribution is -2.35. The van der Waals surface area contributed by atoms with Crippen LogP contribution in [0.1, 0.15) is 26.2 Å². The maximum Gasteiger partial charge on any atom is 0.240 e. The van der Waals surface area contributed by atoms with Crippen LogP contribution in [0.15, 0.2) is 41.3 Å². The number of anilines is 1. The second-order valence-electron chi connectivity index (χ2n) is 4.81. The van der Waals surface area contributed by atoms with Crippen molar-refractivity contribution in [1.29, 1.82) is 0 Å². The number of rotatable bonds is 4. The van der Waals surface area contributed by atoms with E-state index < -0.39 is 10.0 Å². The number of benzene rings is 1. The molecular weight excluding hydrogens is 276 g/mol. The smallest absolute Gasteiger partial charge is 0.240 e. The Kier molecular flexibility index (Phi) is 4.57. The summed E-state index contributed by atoms with van der Waals surface area (Å²) >= 11 is 0. The van der Waals surface area contributed by atoms with Crippen LogP contribution in [-0.4, -0.2) is 20.4 Å². The highest BCUT2D eigenvalue weighted by Gasteiger charge is 2.20. The van der Waals surface area contributed by atoms with Crippen LogP contribution in [0.5, 0.6) is 0 Å². The van der Waals surface area contributed by atoms with E-state index in [2.05, 4.69) is 16.1 Å². The van der Waals surface area contributed by atoms with E-state index in [1.807, 2.05) is 6.08 Å². The van der Waals surface area contributed by atoms with E-state index in [0.717, 1.165) is 19.3 Å². The first-order valence-corrected chi connectivity index (χ1v) is 8.01. The fourth-order valence-electron chi connectivity index (χ4n) is 2.11. The van der Waals surface area contributed by atoms with Crippen LogP contribution in [0, 0.1) is 0 Å². The molecule has 0 heterocycles. The van der Waals surface area contributed by atoms with Gasteiger partial charge in [0.25, 0.3) is 0 Å². The highest BCUT2D eigenvalue weighted by molar-refractivity contribution is 7.89. The third-order valence-corrected chi connectivity index (χ3v) is 4.61. The fourth-order valence-corrected chi connectivity index (χ4v) is 3.39. The molecular formula is C14H18N2O3S. The maximum absolute atomic E-state index is 12.2. The van der Waals surface area contributed by atoms with Gasteiger partial charge < -0.3 is 5.32 Å². The Morgan fingerprint density at radius 2 is 1.90 bits per heavy atom. The van der Waals surface area contributed by atoms with Crippen molar-refractivity contribution in [3.8, 4) is 0 Å². The Morgan fingerprint density at radius 3 is 2.45 bits per heavy atom. The molecule has 5 nitrogen and oxygen atoms in total. The van der Waals surface area contributed by atoms with Crippen LogP contribution in [-0.2, 0) is 14.8 Å². The Balaban J connectivity index is 2.08. The minimum atomic E-state index is -3.50. The molecule has 0 unspecified atom stereocenters. The molecule has 20 heavy (non-hydrogen) atoms. The Hall–Kier alpha value is -1.66. The third-order valence-electron chi connectivity index (χ3n) is 3.08. The number of hydrogen-bond donors (Lipinski definition) is 2. The van der Waals surface area contributed by atoms with E-state index in [9.17, 15) is 13.2 Å². The summed E-state index contributed by atoms with van der Waals surface area (Å²) < 4.78 is 27.1. The molecule has 0 bridgehead atoms. The predicted octanol–water partition coefficient (Wildman–Crippen LogP) is 2.03. The van der Waals surface area contributed by atoms with Crippen LogP contribution >= 0.6 is 0 Å². The number of sulfonamides is 1. The summed E-state index contributed by atoms with van der Waals surface area (Å²) in [6.45, 7) is 1.41. The molecule has 1 aromatic rings. The van der Waals surface area contributed by atoms with Crippen molar-refractivity contribution in [3.63, 3.8) is 0 Å². The number of amides is 1. The predicted molar refractivity (Wildman–Crippen MR) is 77.8 cm³/mol. The van der Waals surface area contributed by atoms with Gasteiger partial charge in [-0.3, -0.25) is 4.79 Å². The third kappa shape index (κ3) is 3.91. The first kappa shape index (κ1) is 14.7. The SMILES string of the molecule is CC(=O)Nc1ccc(S(=O)(=O)N[C@@H]2CC=CCC2)cc1. The molecule has 2 rings (SSSR count). The highest BCUT2D eigenvalue weighted by Crippen LogP contribution is 2.17. The van der Waals surface area contributed by atoms with Gasteiger partial charge in [-0.15, -0.1) is 0 Å². The number of nitrogens with one attached hydrogen (secondary N) is 2. The quantitative estimate of drug-likeness (QED) is 0.834. The number of carbonyl (C=O) groups is 1. The molecule has 0 fully saturated rings. The van der Waals surface area contributed by atoms with Crippen LogP contribution in [0.3, 0.4) is 0 Å². The molecule has 108 valence electrons.